The first kappa shape index (κ1) is 15.7. The van der Waals surface area contributed by atoms with Crippen molar-refractivity contribution in [3.8, 4) is 0 Å². The average Bonchev–Trinajstić information content (AvgIpc) is 2.47. The molecule has 0 fully saturated rings. The molecule has 0 bridgehead atoms. The summed E-state index contributed by atoms with van der Waals surface area (Å²) in [7, 11) is 0. The number of H-pyrrole nitrogens is 1. The molecule has 1 aromatic heterocycles. The lowest BCUT2D eigenvalue weighted by atomic mass is 10.2. The quantitative estimate of drug-likeness (QED) is 0.375. The number of aromatic amines is 1. The lowest BCUT2D eigenvalue weighted by Gasteiger charge is -2.06. The molecule has 0 saturated heterocycles. The van der Waals surface area contributed by atoms with Gasteiger partial charge < -0.3 is 10.3 Å². The van der Waals surface area contributed by atoms with Gasteiger partial charge in [0.15, 0.2) is 5.16 Å². The Kier molecular flexibility index (Phi) is 4.89. The number of hydrogen-bond donors (Lipinski definition) is 2. The SMILES string of the molecule is Cc1ccc(NC(=O)CSc2nccc(=O)[nH]2)c([N+](=O)[O-])c1. The van der Waals surface area contributed by atoms with E-state index < -0.39 is 10.8 Å². The van der Waals surface area contributed by atoms with Crippen molar-refractivity contribution >= 4 is 29.0 Å². The third-order valence-electron chi connectivity index (χ3n) is 2.61. The lowest BCUT2D eigenvalue weighted by molar-refractivity contribution is -0.384. The van der Waals surface area contributed by atoms with E-state index in [0.29, 0.717) is 5.16 Å². The van der Waals surface area contributed by atoms with Crippen molar-refractivity contribution < 1.29 is 9.72 Å². The average molecular weight is 320 g/mol. The molecular weight excluding hydrogens is 308 g/mol. The molecule has 8 nitrogen and oxygen atoms in total. The number of aryl methyl sites for hydroxylation is 1. The van der Waals surface area contributed by atoms with Gasteiger partial charge in [-0.15, -0.1) is 0 Å². The van der Waals surface area contributed by atoms with Crippen LogP contribution in [0, 0.1) is 17.0 Å². The summed E-state index contributed by atoms with van der Waals surface area (Å²) >= 11 is 1.03. The van der Waals surface area contributed by atoms with Crippen LogP contribution in [0.1, 0.15) is 5.56 Å². The van der Waals surface area contributed by atoms with Gasteiger partial charge in [-0.3, -0.25) is 19.7 Å². The summed E-state index contributed by atoms with van der Waals surface area (Å²) in [5.74, 6) is -0.457. The summed E-state index contributed by atoms with van der Waals surface area (Å²) in [5, 5.41) is 13.8. The van der Waals surface area contributed by atoms with Crippen LogP contribution < -0.4 is 10.9 Å². The molecule has 9 heteroatoms. The first-order valence-electron chi connectivity index (χ1n) is 6.19. The molecule has 1 heterocycles. The van der Waals surface area contributed by atoms with Gasteiger partial charge in [-0.05, 0) is 18.6 Å². The second-order valence-corrected chi connectivity index (χ2v) is 5.32. The Bertz CT molecular complexity index is 775. The standard InChI is InChI=1S/C13H12N4O4S/c1-8-2-3-9(10(6-8)17(20)21)15-12(19)7-22-13-14-5-4-11(18)16-13/h2-6H,7H2,1H3,(H,15,19)(H,14,16,18). The number of rotatable bonds is 5. The highest BCUT2D eigenvalue weighted by Crippen LogP contribution is 2.25. The second kappa shape index (κ2) is 6.85. The highest BCUT2D eigenvalue weighted by molar-refractivity contribution is 7.99. The maximum atomic E-state index is 11.9. The zero-order valence-electron chi connectivity index (χ0n) is 11.5. The van der Waals surface area contributed by atoms with Crippen LogP contribution in [-0.2, 0) is 4.79 Å². The summed E-state index contributed by atoms with van der Waals surface area (Å²) in [6, 6.07) is 5.81. The third kappa shape index (κ3) is 4.16. The van der Waals surface area contributed by atoms with E-state index in [2.05, 4.69) is 15.3 Å². The molecule has 114 valence electrons. The largest absolute Gasteiger partial charge is 0.320 e. The highest BCUT2D eigenvalue weighted by atomic mass is 32.2. The summed E-state index contributed by atoms with van der Waals surface area (Å²) in [4.78, 5) is 39.7. The molecule has 2 rings (SSSR count). The Morgan fingerprint density at radius 1 is 1.45 bits per heavy atom. The molecule has 2 N–H and O–H groups in total. The van der Waals surface area contributed by atoms with Gasteiger partial charge in [-0.1, -0.05) is 17.8 Å². The predicted octanol–water partition coefficient (Wildman–Crippen LogP) is 1.72. The number of benzene rings is 1. The maximum Gasteiger partial charge on any atom is 0.293 e. The molecule has 0 saturated carbocycles. The first-order chi connectivity index (χ1) is 10.5. The van der Waals surface area contributed by atoms with E-state index in [1.54, 1.807) is 13.0 Å². The van der Waals surface area contributed by atoms with Gasteiger partial charge in [0.1, 0.15) is 5.69 Å². The molecule has 0 aliphatic rings. The fraction of sp³-hybridized carbons (Fsp3) is 0.154. The van der Waals surface area contributed by atoms with Gasteiger partial charge >= 0.3 is 0 Å². The van der Waals surface area contributed by atoms with E-state index in [9.17, 15) is 19.7 Å². The molecule has 22 heavy (non-hydrogen) atoms. The zero-order valence-corrected chi connectivity index (χ0v) is 12.3. The van der Waals surface area contributed by atoms with Gasteiger partial charge in [0.05, 0.1) is 10.7 Å². The Morgan fingerprint density at radius 2 is 2.23 bits per heavy atom. The lowest BCUT2D eigenvalue weighted by Crippen LogP contribution is -2.16. The monoisotopic (exact) mass is 320 g/mol. The Morgan fingerprint density at radius 3 is 2.91 bits per heavy atom. The smallest absolute Gasteiger partial charge is 0.293 e. The van der Waals surface area contributed by atoms with Crippen molar-refractivity contribution in [2.45, 2.75) is 12.1 Å². The van der Waals surface area contributed by atoms with Gasteiger partial charge in [0.25, 0.3) is 11.2 Å². The van der Waals surface area contributed by atoms with Crippen molar-refractivity contribution in [3.63, 3.8) is 0 Å². The number of nitrogens with zero attached hydrogens (tertiary/aromatic N) is 2. The minimum absolute atomic E-state index is 0.0298. The van der Waals surface area contributed by atoms with Crippen LogP contribution in [-0.4, -0.2) is 26.6 Å². The van der Waals surface area contributed by atoms with E-state index in [0.717, 1.165) is 17.3 Å². The van der Waals surface area contributed by atoms with Crippen LogP contribution in [0.4, 0.5) is 11.4 Å². The predicted molar refractivity (Wildman–Crippen MR) is 82.0 cm³/mol. The number of nitro groups is 1. The number of nitrogens with one attached hydrogen (secondary N) is 2. The van der Waals surface area contributed by atoms with Crippen molar-refractivity contribution in [2.75, 3.05) is 11.1 Å². The van der Waals surface area contributed by atoms with Crippen LogP contribution >= 0.6 is 11.8 Å². The Balaban J connectivity index is 2.03. The normalized spacial score (nSPS) is 10.2. The summed E-state index contributed by atoms with van der Waals surface area (Å²) in [6.45, 7) is 1.73. The van der Waals surface area contributed by atoms with Crippen molar-refractivity contribution in [3.05, 3.63) is 56.5 Å². The van der Waals surface area contributed by atoms with Crippen LogP contribution in [0.2, 0.25) is 0 Å². The number of hydrogen-bond acceptors (Lipinski definition) is 6. The van der Waals surface area contributed by atoms with E-state index in [1.807, 2.05) is 0 Å². The van der Waals surface area contributed by atoms with E-state index >= 15 is 0 Å². The molecule has 1 amide bonds. The number of carbonyl (C=O) groups excluding carboxylic acids is 1. The second-order valence-electron chi connectivity index (χ2n) is 4.35. The van der Waals surface area contributed by atoms with Gasteiger partial charge in [0, 0.05) is 18.3 Å². The topological polar surface area (TPSA) is 118 Å². The molecule has 0 spiro atoms. The minimum atomic E-state index is -0.550. The number of anilines is 1. The fourth-order valence-corrected chi connectivity index (χ4v) is 2.29. The summed E-state index contributed by atoms with van der Waals surface area (Å²) in [6.07, 6.45) is 1.34. The van der Waals surface area contributed by atoms with Crippen molar-refractivity contribution in [2.24, 2.45) is 0 Å². The Hall–Kier alpha value is -2.68. The first-order valence-corrected chi connectivity index (χ1v) is 7.17. The van der Waals surface area contributed by atoms with Crippen LogP contribution in [0.15, 0.2) is 40.4 Å². The number of carbonyl (C=O) groups is 1. The molecule has 0 aliphatic carbocycles. The molecular formula is C13H12N4O4S. The molecule has 0 radical (unpaired) electrons. The molecule has 0 unspecified atom stereocenters. The number of thioether (sulfide) groups is 1. The molecule has 0 aliphatic heterocycles. The Labute approximate surface area is 129 Å². The molecule has 1 aromatic carbocycles. The number of nitro benzene ring substituents is 1. The van der Waals surface area contributed by atoms with Crippen LogP contribution in [0.25, 0.3) is 0 Å². The number of amides is 1. The summed E-state index contributed by atoms with van der Waals surface area (Å²) in [5.41, 5.74) is 0.387. The number of aromatic nitrogens is 2. The van der Waals surface area contributed by atoms with Gasteiger partial charge in [-0.2, -0.15) is 0 Å². The minimum Gasteiger partial charge on any atom is -0.320 e. The maximum absolute atomic E-state index is 11.9. The highest BCUT2D eigenvalue weighted by Gasteiger charge is 2.16. The summed E-state index contributed by atoms with van der Waals surface area (Å²) < 4.78 is 0. The molecule has 2 aromatic rings. The fourth-order valence-electron chi connectivity index (χ4n) is 1.64. The zero-order chi connectivity index (χ0) is 16.1. The van der Waals surface area contributed by atoms with Crippen molar-refractivity contribution in [1.82, 2.24) is 9.97 Å². The third-order valence-corrected chi connectivity index (χ3v) is 3.50. The van der Waals surface area contributed by atoms with Gasteiger partial charge in [-0.25, -0.2) is 4.98 Å². The molecule has 0 atom stereocenters. The van der Waals surface area contributed by atoms with E-state index in [-0.39, 0.29) is 22.7 Å². The van der Waals surface area contributed by atoms with Gasteiger partial charge in [0.2, 0.25) is 5.91 Å². The van der Waals surface area contributed by atoms with Crippen LogP contribution in [0.3, 0.4) is 0 Å². The van der Waals surface area contributed by atoms with Crippen LogP contribution in [0.5, 0.6) is 0 Å². The van der Waals surface area contributed by atoms with E-state index in [4.69, 9.17) is 0 Å². The van der Waals surface area contributed by atoms with Crippen molar-refractivity contribution in [1.29, 1.82) is 0 Å². The van der Waals surface area contributed by atoms with E-state index in [1.165, 1.54) is 24.4 Å².